The summed E-state index contributed by atoms with van der Waals surface area (Å²) >= 11 is 0. The van der Waals surface area contributed by atoms with Crippen molar-refractivity contribution in [3.05, 3.63) is 12.7 Å². The van der Waals surface area contributed by atoms with Crippen LogP contribution in [-0.4, -0.2) is 61.1 Å². The molecule has 2 aromatic rings. The van der Waals surface area contributed by atoms with E-state index in [0.717, 1.165) is 6.92 Å². The molecule has 14 heteroatoms. The third-order valence-electron chi connectivity index (χ3n) is 4.43. The van der Waals surface area contributed by atoms with Crippen molar-refractivity contribution in [3.8, 4) is 0 Å². The number of phosphoric acid groups is 1. The van der Waals surface area contributed by atoms with Crippen LogP contribution in [0.5, 0.6) is 0 Å². The van der Waals surface area contributed by atoms with Gasteiger partial charge in [0, 0.05) is 6.92 Å². The molecule has 13 nitrogen and oxygen atoms in total. The van der Waals surface area contributed by atoms with Crippen LogP contribution in [0.15, 0.2) is 12.7 Å². The molecular formula is C15H20N5O8P. The molecule has 1 unspecified atom stereocenters. The zero-order valence-electron chi connectivity index (χ0n) is 15.8. The van der Waals surface area contributed by atoms with Crippen LogP contribution in [0, 0.1) is 0 Å². The lowest BCUT2D eigenvalue weighted by molar-refractivity contribution is -0.199. The second kappa shape index (κ2) is 6.97. The summed E-state index contributed by atoms with van der Waals surface area (Å²) in [6.07, 6.45) is 0.0781. The predicted octanol–water partition coefficient (Wildman–Crippen LogP) is 0.506. The molecule has 2 saturated heterocycles. The zero-order chi connectivity index (χ0) is 21.0. The van der Waals surface area contributed by atoms with E-state index in [2.05, 4.69) is 19.5 Å². The molecule has 158 valence electrons. The van der Waals surface area contributed by atoms with E-state index in [1.807, 2.05) is 0 Å². The molecule has 2 aliphatic rings. The van der Waals surface area contributed by atoms with Crippen molar-refractivity contribution in [1.82, 2.24) is 19.5 Å². The van der Waals surface area contributed by atoms with Crippen molar-refractivity contribution in [3.63, 3.8) is 0 Å². The van der Waals surface area contributed by atoms with Crippen LogP contribution in [0.25, 0.3) is 11.2 Å². The maximum Gasteiger partial charge on any atom is 0.529 e. The Morgan fingerprint density at radius 1 is 1.34 bits per heavy atom. The number of anilines is 1. The van der Waals surface area contributed by atoms with Crippen molar-refractivity contribution in [2.24, 2.45) is 0 Å². The van der Waals surface area contributed by atoms with Crippen LogP contribution in [0.3, 0.4) is 0 Å². The molecule has 2 fully saturated rings. The average Bonchev–Trinajstić information content (AvgIpc) is 3.23. The summed E-state index contributed by atoms with van der Waals surface area (Å²) < 4.78 is 40.5. The van der Waals surface area contributed by atoms with E-state index in [1.54, 1.807) is 18.4 Å². The summed E-state index contributed by atoms with van der Waals surface area (Å²) in [4.78, 5) is 32.9. The minimum absolute atomic E-state index is 0.217. The average molecular weight is 430 g/mol. The molecule has 0 saturated carbocycles. The Labute approximate surface area is 164 Å². The molecule has 0 aliphatic carbocycles. The molecule has 29 heavy (non-hydrogen) atoms. The molecule has 2 aliphatic heterocycles. The van der Waals surface area contributed by atoms with Gasteiger partial charge in [-0.3, -0.25) is 18.8 Å². The van der Waals surface area contributed by atoms with Gasteiger partial charge in [-0.2, -0.15) is 0 Å². The van der Waals surface area contributed by atoms with Gasteiger partial charge in [-0.25, -0.2) is 19.5 Å². The zero-order valence-corrected chi connectivity index (χ0v) is 16.7. The second-order valence-corrected chi connectivity index (χ2v) is 8.44. The third-order valence-corrected chi connectivity index (χ3v) is 5.40. The number of imidazole rings is 1. The first-order valence-corrected chi connectivity index (χ1v) is 10.2. The van der Waals surface area contributed by atoms with Gasteiger partial charge < -0.3 is 24.5 Å². The van der Waals surface area contributed by atoms with Crippen molar-refractivity contribution < 1.29 is 37.5 Å². The quantitative estimate of drug-likeness (QED) is 0.498. The number of carbonyl (C=O) groups excluding carboxylic acids is 1. The number of fused-ring (bicyclic) bond motifs is 2. The highest BCUT2D eigenvalue weighted by Gasteiger charge is 2.56. The van der Waals surface area contributed by atoms with Crippen molar-refractivity contribution in [1.29, 1.82) is 0 Å². The first-order valence-electron chi connectivity index (χ1n) is 8.68. The van der Waals surface area contributed by atoms with Crippen molar-refractivity contribution in [2.45, 2.75) is 51.1 Å². The number of phosphoric ester groups is 1. The fraction of sp³-hybridized carbons (Fsp3) is 0.600. The lowest BCUT2D eigenvalue weighted by atomic mass is 10.1. The van der Waals surface area contributed by atoms with E-state index in [4.69, 9.17) is 24.5 Å². The Morgan fingerprint density at radius 3 is 2.79 bits per heavy atom. The number of hydrogen-bond donors (Lipinski definition) is 2. The molecule has 0 radical (unpaired) electrons. The van der Waals surface area contributed by atoms with Crippen LogP contribution in [0.2, 0.25) is 0 Å². The van der Waals surface area contributed by atoms with E-state index in [-0.39, 0.29) is 12.4 Å². The predicted molar refractivity (Wildman–Crippen MR) is 95.0 cm³/mol. The van der Waals surface area contributed by atoms with Crippen LogP contribution >= 0.6 is 7.82 Å². The smallest absolute Gasteiger partial charge is 0.382 e. The number of nitrogen functional groups attached to an aromatic ring is 1. The Hall–Kier alpha value is -2.15. The molecule has 0 bridgehead atoms. The molecule has 0 amide bonds. The molecular weight excluding hydrogens is 410 g/mol. The Morgan fingerprint density at radius 2 is 2.07 bits per heavy atom. The minimum Gasteiger partial charge on any atom is -0.382 e. The van der Waals surface area contributed by atoms with E-state index in [9.17, 15) is 14.3 Å². The maximum absolute atomic E-state index is 11.8. The molecule has 3 N–H and O–H groups in total. The molecule has 4 heterocycles. The van der Waals surface area contributed by atoms with Gasteiger partial charge in [0.05, 0.1) is 12.9 Å². The Bertz CT molecular complexity index is 996. The van der Waals surface area contributed by atoms with E-state index >= 15 is 0 Å². The number of carbonyl (C=O) groups is 1. The summed E-state index contributed by atoms with van der Waals surface area (Å²) in [5, 5.41) is 0. The third kappa shape index (κ3) is 3.84. The van der Waals surface area contributed by atoms with Gasteiger partial charge in [0.2, 0.25) is 0 Å². The second-order valence-electron chi connectivity index (χ2n) is 7.06. The molecule has 5 atom stereocenters. The molecule has 0 aromatic carbocycles. The molecule has 2 aromatic heterocycles. The van der Waals surface area contributed by atoms with Crippen LogP contribution in [-0.2, 0) is 32.6 Å². The molecule has 4 rings (SSSR count). The fourth-order valence-corrected chi connectivity index (χ4v) is 4.14. The van der Waals surface area contributed by atoms with E-state index in [0.29, 0.717) is 11.2 Å². The largest absolute Gasteiger partial charge is 0.529 e. The van der Waals surface area contributed by atoms with Crippen LogP contribution in [0.4, 0.5) is 5.82 Å². The normalized spacial score (nSPS) is 30.2. The standard InChI is InChI=1S/C15H20N5O8P/c1-7(21)28-29(22,23)24-4-8-10-11(27-15(2,3)26-10)14(25-8)20-6-19-9-12(16)17-5-18-13(9)20/h5-6,8,10-11,14H,4H2,1-3H3,(H,22,23)(H2,16,17,18)/t8-,10-,11-,14-/m1/s1/i7+1. The summed E-state index contributed by atoms with van der Waals surface area (Å²) in [6, 6.07) is 0. The molecule has 0 spiro atoms. The highest BCUT2D eigenvalue weighted by molar-refractivity contribution is 7.48. The number of rotatable bonds is 5. The van der Waals surface area contributed by atoms with Gasteiger partial charge in [0.25, 0.3) is 0 Å². The summed E-state index contributed by atoms with van der Waals surface area (Å²) in [5.41, 5.74) is 6.67. The first-order chi connectivity index (χ1) is 13.6. The number of hydrogen-bond acceptors (Lipinski definition) is 11. The van der Waals surface area contributed by atoms with Crippen molar-refractivity contribution >= 4 is 30.8 Å². The van der Waals surface area contributed by atoms with Gasteiger partial charge in [0.1, 0.15) is 30.2 Å². The number of nitrogens with zero attached hydrogens (tertiary/aromatic N) is 4. The summed E-state index contributed by atoms with van der Waals surface area (Å²) in [6.45, 7) is 4.10. The SMILES string of the molecule is C[13C](=O)OP(=O)(O)OC[C@H]1O[C@@H](n2cnc3c(N)ncnc32)[C@@H]2OC(C)(C)O[C@@H]21. The maximum atomic E-state index is 11.8. The highest BCUT2D eigenvalue weighted by atomic mass is 31.2. The van der Waals surface area contributed by atoms with E-state index < -0.39 is 44.1 Å². The van der Waals surface area contributed by atoms with Gasteiger partial charge >= 0.3 is 13.8 Å². The topological polar surface area (TPSA) is 170 Å². The lowest BCUT2D eigenvalue weighted by Gasteiger charge is -2.24. The Balaban J connectivity index is 1.60. The van der Waals surface area contributed by atoms with Crippen LogP contribution < -0.4 is 5.73 Å². The van der Waals surface area contributed by atoms with E-state index in [1.165, 1.54) is 12.7 Å². The van der Waals surface area contributed by atoms with Crippen LogP contribution in [0.1, 0.15) is 27.0 Å². The monoisotopic (exact) mass is 430 g/mol. The minimum atomic E-state index is -4.58. The van der Waals surface area contributed by atoms with Gasteiger partial charge in [-0.05, 0) is 13.8 Å². The van der Waals surface area contributed by atoms with Crippen molar-refractivity contribution in [2.75, 3.05) is 12.3 Å². The number of ether oxygens (including phenoxy) is 3. The van der Waals surface area contributed by atoms with Gasteiger partial charge in [0.15, 0.2) is 23.5 Å². The Kier molecular flexibility index (Phi) is 4.84. The highest BCUT2D eigenvalue weighted by Crippen LogP contribution is 2.47. The number of nitrogens with two attached hydrogens (primary N) is 1. The fourth-order valence-electron chi connectivity index (χ4n) is 3.43. The van der Waals surface area contributed by atoms with Gasteiger partial charge in [-0.15, -0.1) is 0 Å². The summed E-state index contributed by atoms with van der Waals surface area (Å²) in [5.74, 6) is -1.64. The first kappa shape index (κ1) is 20.1. The lowest BCUT2D eigenvalue weighted by Crippen LogP contribution is -2.32. The van der Waals surface area contributed by atoms with Gasteiger partial charge in [-0.1, -0.05) is 0 Å². The number of aromatic nitrogens is 4. The summed E-state index contributed by atoms with van der Waals surface area (Å²) in [7, 11) is -4.58.